The predicted molar refractivity (Wildman–Crippen MR) is 147 cm³/mol. The molecule has 0 aliphatic carbocycles. The van der Waals surface area contributed by atoms with Gasteiger partial charge in [-0.15, -0.1) is 0 Å². The quantitative estimate of drug-likeness (QED) is 0.405. The molecule has 2 aromatic carbocycles. The Hall–Kier alpha value is -3.03. The molecule has 2 atom stereocenters. The number of nitrogens with two attached hydrogens (primary N) is 1. The van der Waals surface area contributed by atoms with Gasteiger partial charge in [-0.1, -0.05) is 30.3 Å². The lowest BCUT2D eigenvalue weighted by atomic mass is 9.69. The zero-order valence-electron chi connectivity index (χ0n) is 22.3. The second-order valence-electron chi connectivity index (χ2n) is 10.8. The van der Waals surface area contributed by atoms with Crippen LogP contribution in [0.3, 0.4) is 0 Å². The molecule has 2 unspecified atom stereocenters. The first-order chi connectivity index (χ1) is 17.1. The molecule has 4 rings (SSSR count). The van der Waals surface area contributed by atoms with Crippen molar-refractivity contribution in [3.63, 3.8) is 0 Å². The highest BCUT2D eigenvalue weighted by Gasteiger charge is 2.40. The van der Waals surface area contributed by atoms with E-state index in [-0.39, 0.29) is 5.92 Å². The summed E-state index contributed by atoms with van der Waals surface area (Å²) in [6, 6.07) is 10.9. The molecule has 2 aliphatic rings. The number of rotatable bonds is 8. The molecule has 1 fully saturated rings. The van der Waals surface area contributed by atoms with Gasteiger partial charge >= 0.3 is 5.97 Å². The molecule has 5 N–H and O–H groups in total. The summed E-state index contributed by atoms with van der Waals surface area (Å²) in [6.07, 6.45) is 6.67. The molecule has 0 aromatic heterocycles. The summed E-state index contributed by atoms with van der Waals surface area (Å²) in [5, 5.41) is 15.6. The van der Waals surface area contributed by atoms with E-state index in [0.29, 0.717) is 11.7 Å². The molecule has 0 radical (unpaired) electrons. The van der Waals surface area contributed by atoms with Crippen LogP contribution in [0.15, 0.2) is 42.6 Å². The maximum atomic E-state index is 12.5. The van der Waals surface area contributed by atoms with Gasteiger partial charge in [-0.05, 0) is 81.0 Å². The molecule has 7 heteroatoms. The van der Waals surface area contributed by atoms with E-state index < -0.39 is 11.4 Å². The van der Waals surface area contributed by atoms with Crippen molar-refractivity contribution in [2.75, 3.05) is 37.7 Å². The predicted octanol–water partition coefficient (Wildman–Crippen LogP) is 4.47. The topological polar surface area (TPSA) is 93.9 Å². The van der Waals surface area contributed by atoms with Crippen molar-refractivity contribution in [3.05, 3.63) is 70.4 Å². The molecule has 0 spiro atoms. The fraction of sp³-hybridized carbons (Fsp3) is 0.483. The van der Waals surface area contributed by atoms with Gasteiger partial charge in [0.05, 0.1) is 22.8 Å². The number of aliphatic carboxylic acids is 1. The van der Waals surface area contributed by atoms with Crippen LogP contribution in [0.4, 0.5) is 11.4 Å². The number of piperidine rings is 1. The van der Waals surface area contributed by atoms with Crippen molar-refractivity contribution in [3.8, 4) is 0 Å². The van der Waals surface area contributed by atoms with E-state index in [0.717, 1.165) is 48.6 Å². The fourth-order valence-electron chi connectivity index (χ4n) is 5.70. The van der Waals surface area contributed by atoms with Crippen molar-refractivity contribution < 1.29 is 9.90 Å². The zero-order valence-corrected chi connectivity index (χ0v) is 22.3. The third-order valence-corrected chi connectivity index (χ3v) is 8.04. The Bertz CT molecular complexity index is 1140. The van der Waals surface area contributed by atoms with Gasteiger partial charge in [0.15, 0.2) is 0 Å². The Balaban J connectivity index is 1.68. The number of nitrogens with one attached hydrogen (secondary N) is 2. The lowest BCUT2D eigenvalue weighted by Crippen LogP contribution is -2.49. The first kappa shape index (κ1) is 26.0. The van der Waals surface area contributed by atoms with Crippen LogP contribution in [0.2, 0.25) is 0 Å². The average Bonchev–Trinajstić information content (AvgIpc) is 3.39. The first-order valence-electron chi connectivity index (χ1n) is 12.9. The largest absolute Gasteiger partial charge is 0.481 e. The molecule has 2 aromatic rings. The maximum absolute atomic E-state index is 12.5. The number of hydrazine groups is 1. The van der Waals surface area contributed by atoms with Crippen molar-refractivity contribution in [2.24, 2.45) is 5.41 Å². The van der Waals surface area contributed by atoms with Gasteiger partial charge in [-0.2, -0.15) is 0 Å². The molecule has 2 heterocycles. The number of carboxylic acids is 1. The van der Waals surface area contributed by atoms with E-state index in [9.17, 15) is 9.90 Å². The van der Waals surface area contributed by atoms with Crippen LogP contribution in [0.25, 0.3) is 0 Å². The van der Waals surface area contributed by atoms with Gasteiger partial charge in [0.2, 0.25) is 0 Å². The minimum atomic E-state index is -1.02. The summed E-state index contributed by atoms with van der Waals surface area (Å²) in [5.74, 6) is -1.16. The van der Waals surface area contributed by atoms with Crippen molar-refractivity contribution >= 4 is 17.3 Å². The van der Waals surface area contributed by atoms with E-state index in [1.54, 1.807) is 0 Å². The third kappa shape index (κ3) is 5.08. The van der Waals surface area contributed by atoms with Crippen LogP contribution in [0.1, 0.15) is 60.4 Å². The van der Waals surface area contributed by atoms with E-state index in [1.165, 1.54) is 24.0 Å². The van der Waals surface area contributed by atoms with E-state index in [4.69, 9.17) is 5.73 Å². The monoisotopic (exact) mass is 491 g/mol. The second kappa shape index (κ2) is 10.5. The van der Waals surface area contributed by atoms with Crippen LogP contribution in [-0.2, 0) is 11.3 Å². The first-order valence-corrected chi connectivity index (χ1v) is 12.9. The summed E-state index contributed by atoms with van der Waals surface area (Å²) in [4.78, 5) is 15.0. The zero-order chi connectivity index (χ0) is 26.0. The van der Waals surface area contributed by atoms with Crippen molar-refractivity contribution in [1.82, 2.24) is 15.3 Å². The molecule has 36 heavy (non-hydrogen) atoms. The minimum absolute atomic E-state index is 0.337. The Kier molecular flexibility index (Phi) is 7.62. The maximum Gasteiger partial charge on any atom is 0.310 e. The minimum Gasteiger partial charge on any atom is -0.481 e. The number of hydrogen-bond acceptors (Lipinski definition) is 6. The molecule has 7 nitrogen and oxygen atoms in total. The van der Waals surface area contributed by atoms with Gasteiger partial charge in [0, 0.05) is 38.8 Å². The number of benzene rings is 2. The summed E-state index contributed by atoms with van der Waals surface area (Å²) in [6.45, 7) is 11.6. The number of carbonyl (C=O) groups is 1. The number of hydrogen-bond donors (Lipinski definition) is 4. The summed E-state index contributed by atoms with van der Waals surface area (Å²) in [5.41, 5.74) is 15.8. The van der Waals surface area contributed by atoms with Crippen molar-refractivity contribution in [1.29, 1.82) is 0 Å². The normalized spacial score (nSPS) is 19.5. The van der Waals surface area contributed by atoms with E-state index >= 15 is 0 Å². The standard InChI is InChI=1S/C29H41N5O2/c1-19-9-10-21(16-22(19)17-33-14-6-8-23(18-33)34-15-7-13-32-34)26(29(3,4)28(35)36)24-11-12-25(31-5)27(30)20(24)2/h7,9-12,15-16,23,26,31-32H,6,8,13-14,17-18,30H2,1-5H3,(H,35,36). The molecule has 0 amide bonds. The summed E-state index contributed by atoms with van der Waals surface area (Å²) >= 11 is 0. The van der Waals surface area contributed by atoms with Crippen LogP contribution < -0.4 is 16.5 Å². The molecule has 1 saturated heterocycles. The van der Waals surface area contributed by atoms with Crippen LogP contribution in [0, 0.1) is 19.3 Å². The van der Waals surface area contributed by atoms with Crippen LogP contribution >= 0.6 is 0 Å². The number of carboxylic acid groups (broad SMARTS) is 1. The molecular weight excluding hydrogens is 450 g/mol. The summed E-state index contributed by atoms with van der Waals surface area (Å²) in [7, 11) is 1.84. The fourth-order valence-corrected chi connectivity index (χ4v) is 5.70. The second-order valence-corrected chi connectivity index (χ2v) is 10.8. The van der Waals surface area contributed by atoms with Gasteiger partial charge in [-0.3, -0.25) is 9.69 Å². The summed E-state index contributed by atoms with van der Waals surface area (Å²) < 4.78 is 0. The van der Waals surface area contributed by atoms with Gasteiger partial charge in [0.25, 0.3) is 0 Å². The number of anilines is 2. The highest BCUT2D eigenvalue weighted by Crippen LogP contribution is 2.45. The van der Waals surface area contributed by atoms with Gasteiger partial charge in [0.1, 0.15) is 0 Å². The van der Waals surface area contributed by atoms with Crippen LogP contribution in [-0.4, -0.2) is 53.7 Å². The highest BCUT2D eigenvalue weighted by atomic mass is 16.4. The molecule has 0 bridgehead atoms. The lowest BCUT2D eigenvalue weighted by Gasteiger charge is -2.38. The smallest absolute Gasteiger partial charge is 0.310 e. The Labute approximate surface area is 215 Å². The highest BCUT2D eigenvalue weighted by molar-refractivity contribution is 5.78. The Morgan fingerprint density at radius 2 is 2.06 bits per heavy atom. The van der Waals surface area contributed by atoms with E-state index in [2.05, 4.69) is 58.1 Å². The molecule has 194 valence electrons. The van der Waals surface area contributed by atoms with Crippen molar-refractivity contribution in [2.45, 2.75) is 59.0 Å². The van der Waals surface area contributed by atoms with Gasteiger partial charge in [-0.25, -0.2) is 5.43 Å². The third-order valence-electron chi connectivity index (χ3n) is 8.04. The molecule has 0 saturated carbocycles. The number of aryl methyl sites for hydroxylation is 1. The van der Waals surface area contributed by atoms with Crippen LogP contribution in [0.5, 0.6) is 0 Å². The number of likely N-dealkylation sites (tertiary alicyclic amines) is 1. The SMILES string of the molecule is CNc1ccc(C(c2ccc(C)c(CN3CCCC(N4C=CCN4)C3)c2)C(C)(C)C(=O)O)c(C)c1N. The average molecular weight is 492 g/mol. The Morgan fingerprint density at radius 3 is 2.72 bits per heavy atom. The number of nitrogens with zero attached hydrogens (tertiary/aromatic N) is 2. The van der Waals surface area contributed by atoms with E-state index in [1.807, 2.05) is 40.0 Å². The lowest BCUT2D eigenvalue weighted by molar-refractivity contribution is -0.147. The Morgan fingerprint density at radius 1 is 1.28 bits per heavy atom. The van der Waals surface area contributed by atoms with Gasteiger partial charge < -0.3 is 21.2 Å². The number of nitrogen functional groups attached to an aromatic ring is 1. The molecular formula is C29H41N5O2. The molecule has 2 aliphatic heterocycles.